The van der Waals surface area contributed by atoms with Crippen molar-refractivity contribution in [2.75, 3.05) is 4.90 Å². The van der Waals surface area contributed by atoms with E-state index < -0.39 is 0 Å². The Morgan fingerprint density at radius 3 is 1.86 bits per heavy atom. The smallest absolute Gasteiger partial charge is 0.0540 e. The highest BCUT2D eigenvalue weighted by Gasteiger charge is 2.60. The monoisotopic (exact) mass is 747 g/mol. The lowest BCUT2D eigenvalue weighted by atomic mass is 9.42. The maximum Gasteiger partial charge on any atom is 0.0540 e. The zero-order valence-corrected chi connectivity index (χ0v) is 34.2. The van der Waals surface area contributed by atoms with Gasteiger partial charge in [0.05, 0.1) is 11.4 Å². The highest BCUT2D eigenvalue weighted by atomic mass is 32.2. The fourth-order valence-corrected chi connectivity index (χ4v) is 13.9. The molecule has 6 aromatic rings. The van der Waals surface area contributed by atoms with Gasteiger partial charge in [-0.1, -0.05) is 137 Å². The Morgan fingerprint density at radius 1 is 0.482 bits per heavy atom. The maximum atomic E-state index is 2.64. The summed E-state index contributed by atoms with van der Waals surface area (Å²) in [6.07, 6.45) is 9.46. The van der Waals surface area contributed by atoms with Crippen LogP contribution in [0.1, 0.15) is 94.9 Å². The minimum atomic E-state index is 0.0506. The van der Waals surface area contributed by atoms with E-state index in [1.807, 2.05) is 11.8 Å². The normalized spacial score (nSPS) is 26.0. The molecule has 0 radical (unpaired) electrons. The van der Waals surface area contributed by atoms with Crippen LogP contribution in [0.3, 0.4) is 0 Å². The van der Waals surface area contributed by atoms with Crippen molar-refractivity contribution in [1.82, 2.24) is 0 Å². The molecule has 0 atom stereocenters. The van der Waals surface area contributed by atoms with Gasteiger partial charge in [0.1, 0.15) is 0 Å². The Labute approximate surface area is 338 Å². The summed E-state index contributed by atoms with van der Waals surface area (Å²) in [4.78, 5) is 5.55. The van der Waals surface area contributed by atoms with Gasteiger partial charge >= 0.3 is 0 Å². The van der Waals surface area contributed by atoms with E-state index in [1.165, 1.54) is 105 Å². The molecule has 1 aliphatic heterocycles. The summed E-state index contributed by atoms with van der Waals surface area (Å²) in [5.74, 6) is 3.37. The first-order chi connectivity index (χ1) is 27.2. The van der Waals surface area contributed by atoms with Gasteiger partial charge in [-0.05, 0) is 161 Å². The highest BCUT2D eigenvalue weighted by molar-refractivity contribution is 7.99. The summed E-state index contributed by atoms with van der Waals surface area (Å²) in [6, 6.07) is 53.5. The van der Waals surface area contributed by atoms with Gasteiger partial charge in [-0.15, -0.1) is 0 Å². The average molecular weight is 748 g/mol. The molecule has 0 unspecified atom stereocenters. The Morgan fingerprint density at radius 2 is 1.09 bits per heavy atom. The van der Waals surface area contributed by atoms with E-state index in [0.717, 1.165) is 23.7 Å². The summed E-state index contributed by atoms with van der Waals surface area (Å²) < 4.78 is 0. The van der Waals surface area contributed by atoms with Crippen molar-refractivity contribution in [3.8, 4) is 22.3 Å². The van der Waals surface area contributed by atoms with E-state index >= 15 is 0 Å². The zero-order chi connectivity index (χ0) is 37.8. The van der Waals surface area contributed by atoms with Crippen molar-refractivity contribution in [3.05, 3.63) is 162 Å². The quantitative estimate of drug-likeness (QED) is 0.173. The fraction of sp³-hybridized carbons (Fsp3) is 0.333. The fourth-order valence-electron chi connectivity index (χ4n) is 12.7. The van der Waals surface area contributed by atoms with Gasteiger partial charge < -0.3 is 4.90 Å². The Kier molecular flexibility index (Phi) is 7.89. The van der Waals surface area contributed by atoms with E-state index in [4.69, 9.17) is 0 Å². The molecule has 2 heteroatoms. The minimum absolute atomic E-state index is 0.0506. The van der Waals surface area contributed by atoms with Crippen LogP contribution in [0.2, 0.25) is 0 Å². The van der Waals surface area contributed by atoms with Crippen molar-refractivity contribution >= 4 is 28.8 Å². The standard InChI is InChI=1S/C54H53NS/c1-52(2)27-28-53(3,4)51-45(52)17-12-19-48(51)55(47-18-10-8-15-43(47)38-13-6-5-7-14-38)42-24-21-37(22-25-42)39-23-26-50-46(34-39)54(44-16-9-11-20-49(44)56-50)40-30-35-29-36(32-40)33-41(54)31-35/h5-26,34-36,40-41H,27-33H2,1-4H3. The van der Waals surface area contributed by atoms with Crippen LogP contribution in [0.5, 0.6) is 0 Å². The summed E-state index contributed by atoms with van der Waals surface area (Å²) >= 11 is 2.01. The Balaban J connectivity index is 1.05. The molecule has 6 aromatic carbocycles. The third-order valence-corrected chi connectivity index (χ3v) is 16.3. The van der Waals surface area contributed by atoms with Gasteiger partial charge in [-0.3, -0.25) is 0 Å². The van der Waals surface area contributed by atoms with E-state index in [2.05, 4.69) is 172 Å². The lowest BCUT2D eigenvalue weighted by Crippen LogP contribution is -2.57. The zero-order valence-electron chi connectivity index (χ0n) is 33.4. The van der Waals surface area contributed by atoms with Crippen LogP contribution in [-0.4, -0.2) is 0 Å². The molecule has 0 amide bonds. The van der Waals surface area contributed by atoms with E-state index in [9.17, 15) is 0 Å². The van der Waals surface area contributed by atoms with Crippen LogP contribution >= 0.6 is 11.8 Å². The van der Waals surface area contributed by atoms with Crippen LogP contribution in [-0.2, 0) is 16.2 Å². The molecule has 1 heterocycles. The molecule has 12 rings (SSSR count). The molecule has 280 valence electrons. The second kappa shape index (κ2) is 12.7. The highest BCUT2D eigenvalue weighted by Crippen LogP contribution is 2.69. The molecule has 5 aliphatic carbocycles. The van der Waals surface area contributed by atoms with Crippen LogP contribution in [0.25, 0.3) is 22.3 Å². The van der Waals surface area contributed by atoms with Gasteiger partial charge in [-0.25, -0.2) is 0 Å². The predicted molar refractivity (Wildman–Crippen MR) is 236 cm³/mol. The third-order valence-electron chi connectivity index (χ3n) is 15.2. The average Bonchev–Trinajstić information content (AvgIpc) is 3.21. The third kappa shape index (κ3) is 5.20. The number of hydrogen-bond acceptors (Lipinski definition) is 2. The number of rotatable bonds is 5. The number of nitrogens with zero attached hydrogens (tertiary/aromatic N) is 1. The summed E-state index contributed by atoms with van der Waals surface area (Å²) in [5.41, 5.74) is 15.4. The van der Waals surface area contributed by atoms with Crippen molar-refractivity contribution in [2.24, 2.45) is 23.7 Å². The maximum absolute atomic E-state index is 2.64. The summed E-state index contributed by atoms with van der Waals surface area (Å²) in [5, 5.41) is 0. The van der Waals surface area contributed by atoms with Gasteiger partial charge in [0, 0.05) is 26.5 Å². The first-order valence-corrected chi connectivity index (χ1v) is 22.1. The molecule has 6 aliphatic rings. The molecule has 4 saturated carbocycles. The molecule has 4 fully saturated rings. The van der Waals surface area contributed by atoms with Crippen LogP contribution < -0.4 is 4.90 Å². The van der Waals surface area contributed by atoms with E-state index in [0.29, 0.717) is 0 Å². The molecular formula is C54H53NS. The van der Waals surface area contributed by atoms with Crippen molar-refractivity contribution in [3.63, 3.8) is 0 Å². The van der Waals surface area contributed by atoms with E-state index in [-0.39, 0.29) is 16.2 Å². The Hall–Kier alpha value is -4.53. The number of fused-ring (bicyclic) bond motifs is 3. The topological polar surface area (TPSA) is 3.24 Å². The molecular weight excluding hydrogens is 695 g/mol. The molecule has 0 aromatic heterocycles. The molecule has 56 heavy (non-hydrogen) atoms. The number of benzene rings is 6. The predicted octanol–water partition coefficient (Wildman–Crippen LogP) is 15.0. The first kappa shape index (κ1) is 34.7. The van der Waals surface area contributed by atoms with Crippen molar-refractivity contribution in [2.45, 2.75) is 98.7 Å². The van der Waals surface area contributed by atoms with Crippen LogP contribution in [0.4, 0.5) is 17.1 Å². The second-order valence-corrected chi connectivity index (χ2v) is 20.3. The molecule has 0 saturated heterocycles. The SMILES string of the molecule is CC1(C)CCC(C)(C)c2c(N(c3ccc(-c4ccc5c(c4)C4(c6ccccc6S5)C5CC6CC(C5)CC4C6)cc3)c3ccccc3-c3ccccc3)cccc21. The number of para-hydroxylation sites is 1. The Bertz CT molecular complexity index is 2440. The minimum Gasteiger partial charge on any atom is -0.310 e. The summed E-state index contributed by atoms with van der Waals surface area (Å²) in [6.45, 7) is 9.78. The van der Waals surface area contributed by atoms with Crippen LogP contribution in [0, 0.1) is 23.7 Å². The van der Waals surface area contributed by atoms with Gasteiger partial charge in [-0.2, -0.15) is 0 Å². The molecule has 1 spiro atoms. The van der Waals surface area contributed by atoms with Crippen molar-refractivity contribution in [1.29, 1.82) is 0 Å². The largest absolute Gasteiger partial charge is 0.310 e. The lowest BCUT2D eigenvalue weighted by Gasteiger charge is -2.63. The molecule has 0 N–H and O–H groups in total. The lowest BCUT2D eigenvalue weighted by molar-refractivity contribution is -0.0443. The van der Waals surface area contributed by atoms with Crippen molar-refractivity contribution < 1.29 is 0 Å². The summed E-state index contributed by atoms with van der Waals surface area (Å²) in [7, 11) is 0. The van der Waals surface area contributed by atoms with Crippen LogP contribution in [0.15, 0.2) is 149 Å². The van der Waals surface area contributed by atoms with Gasteiger partial charge in [0.25, 0.3) is 0 Å². The number of hydrogen-bond donors (Lipinski definition) is 0. The van der Waals surface area contributed by atoms with Gasteiger partial charge in [0.2, 0.25) is 0 Å². The number of anilines is 3. The first-order valence-electron chi connectivity index (χ1n) is 21.3. The second-order valence-electron chi connectivity index (χ2n) is 19.2. The van der Waals surface area contributed by atoms with Gasteiger partial charge in [0.15, 0.2) is 0 Å². The van der Waals surface area contributed by atoms with E-state index in [1.54, 1.807) is 11.1 Å². The molecule has 4 bridgehead atoms. The molecule has 1 nitrogen and oxygen atoms in total.